The number of amides is 1. The SMILES string of the molecule is CCc1nc(Nc2cc(C(=O)NCCC(C)C)ccn2)nc(N2CCN(C)CC2)n1. The number of hydrogen-bond donors (Lipinski definition) is 2. The number of anilines is 3. The second kappa shape index (κ2) is 10.3. The molecule has 3 rings (SSSR count). The fourth-order valence-corrected chi connectivity index (χ4v) is 3.10. The van der Waals surface area contributed by atoms with Crippen LogP contribution in [0.25, 0.3) is 0 Å². The van der Waals surface area contributed by atoms with Crippen molar-refractivity contribution >= 4 is 23.6 Å². The molecule has 1 fully saturated rings. The normalized spacial score (nSPS) is 14.8. The maximum absolute atomic E-state index is 12.4. The predicted molar refractivity (Wildman–Crippen MR) is 118 cm³/mol. The minimum absolute atomic E-state index is 0.107. The maximum atomic E-state index is 12.4. The van der Waals surface area contributed by atoms with Gasteiger partial charge in [0, 0.05) is 50.9 Å². The van der Waals surface area contributed by atoms with E-state index < -0.39 is 0 Å². The summed E-state index contributed by atoms with van der Waals surface area (Å²) >= 11 is 0. The second-order valence-corrected chi connectivity index (χ2v) is 8.01. The molecule has 2 aromatic heterocycles. The Labute approximate surface area is 178 Å². The highest BCUT2D eigenvalue weighted by Gasteiger charge is 2.18. The van der Waals surface area contributed by atoms with Crippen molar-refractivity contribution in [3.05, 3.63) is 29.7 Å². The third-order valence-corrected chi connectivity index (χ3v) is 5.04. The molecule has 30 heavy (non-hydrogen) atoms. The lowest BCUT2D eigenvalue weighted by Gasteiger charge is -2.32. The zero-order valence-corrected chi connectivity index (χ0v) is 18.4. The van der Waals surface area contributed by atoms with Crippen molar-refractivity contribution in [3.8, 4) is 0 Å². The third-order valence-electron chi connectivity index (χ3n) is 5.04. The summed E-state index contributed by atoms with van der Waals surface area (Å²) in [7, 11) is 2.12. The minimum Gasteiger partial charge on any atom is -0.352 e. The van der Waals surface area contributed by atoms with Gasteiger partial charge < -0.3 is 20.4 Å². The fraction of sp³-hybridized carbons (Fsp3) is 0.571. The Kier molecular flexibility index (Phi) is 7.51. The number of carbonyl (C=O) groups is 1. The van der Waals surface area contributed by atoms with Gasteiger partial charge in [-0.2, -0.15) is 15.0 Å². The largest absolute Gasteiger partial charge is 0.352 e. The first-order valence-corrected chi connectivity index (χ1v) is 10.6. The number of piperazine rings is 1. The first-order chi connectivity index (χ1) is 14.4. The van der Waals surface area contributed by atoms with Gasteiger partial charge in [0.25, 0.3) is 5.91 Å². The van der Waals surface area contributed by atoms with Gasteiger partial charge in [-0.3, -0.25) is 4.79 Å². The zero-order valence-electron chi connectivity index (χ0n) is 18.4. The van der Waals surface area contributed by atoms with Gasteiger partial charge in [0.05, 0.1) is 0 Å². The van der Waals surface area contributed by atoms with Crippen LogP contribution in [0.5, 0.6) is 0 Å². The van der Waals surface area contributed by atoms with Crippen molar-refractivity contribution in [2.45, 2.75) is 33.6 Å². The topological polar surface area (TPSA) is 99.2 Å². The summed E-state index contributed by atoms with van der Waals surface area (Å²) in [6.07, 6.45) is 3.27. The van der Waals surface area contributed by atoms with E-state index in [1.165, 1.54) is 0 Å². The second-order valence-electron chi connectivity index (χ2n) is 8.01. The molecule has 0 atom stereocenters. The number of aryl methyl sites for hydroxylation is 1. The molecule has 162 valence electrons. The van der Waals surface area contributed by atoms with E-state index in [4.69, 9.17) is 0 Å². The van der Waals surface area contributed by atoms with Crippen molar-refractivity contribution in [1.29, 1.82) is 0 Å². The molecule has 0 saturated carbocycles. The summed E-state index contributed by atoms with van der Waals surface area (Å²) in [4.78, 5) is 34.9. The summed E-state index contributed by atoms with van der Waals surface area (Å²) in [6.45, 7) is 10.7. The highest BCUT2D eigenvalue weighted by molar-refractivity contribution is 5.94. The number of nitrogens with one attached hydrogen (secondary N) is 2. The van der Waals surface area contributed by atoms with Crippen molar-refractivity contribution in [2.75, 3.05) is 50.0 Å². The molecule has 9 nitrogen and oxygen atoms in total. The highest BCUT2D eigenvalue weighted by atomic mass is 16.1. The molecule has 1 amide bonds. The Morgan fingerprint density at radius 1 is 1.17 bits per heavy atom. The molecule has 0 aliphatic carbocycles. The van der Waals surface area contributed by atoms with Crippen molar-refractivity contribution in [1.82, 2.24) is 30.2 Å². The molecule has 1 aliphatic heterocycles. The number of aromatic nitrogens is 4. The number of nitrogens with zero attached hydrogens (tertiary/aromatic N) is 6. The van der Waals surface area contributed by atoms with Crippen LogP contribution in [0.4, 0.5) is 17.7 Å². The Morgan fingerprint density at radius 3 is 2.63 bits per heavy atom. The third kappa shape index (κ3) is 6.09. The average molecular weight is 413 g/mol. The van der Waals surface area contributed by atoms with Gasteiger partial charge in [-0.05, 0) is 31.5 Å². The monoisotopic (exact) mass is 412 g/mol. The summed E-state index contributed by atoms with van der Waals surface area (Å²) in [5.74, 6) is 2.82. The van der Waals surface area contributed by atoms with Crippen LogP contribution in [0.2, 0.25) is 0 Å². The molecule has 3 heterocycles. The quantitative estimate of drug-likeness (QED) is 0.680. The van der Waals surface area contributed by atoms with E-state index in [0.717, 1.165) is 38.4 Å². The molecule has 2 aromatic rings. The van der Waals surface area contributed by atoms with E-state index in [1.54, 1.807) is 18.3 Å². The van der Waals surface area contributed by atoms with Gasteiger partial charge in [-0.15, -0.1) is 0 Å². The van der Waals surface area contributed by atoms with Crippen LogP contribution in [0.15, 0.2) is 18.3 Å². The molecule has 0 unspecified atom stereocenters. The van der Waals surface area contributed by atoms with Crippen LogP contribution in [-0.2, 0) is 6.42 Å². The van der Waals surface area contributed by atoms with Crippen molar-refractivity contribution in [2.24, 2.45) is 5.92 Å². The predicted octanol–water partition coefficient (Wildman–Crippen LogP) is 2.10. The standard InChI is InChI=1S/C21H32N8O/c1-5-17-24-20(27-21(26-17)29-12-10-28(4)11-13-29)25-18-14-16(7-9-22-18)19(30)23-8-6-15(2)3/h7,9,14-15H,5-6,8,10-13H2,1-4H3,(H,23,30)(H,22,24,25,26,27). The summed E-state index contributed by atoms with van der Waals surface area (Å²) in [5, 5.41) is 6.09. The smallest absolute Gasteiger partial charge is 0.251 e. The Morgan fingerprint density at radius 2 is 1.93 bits per heavy atom. The highest BCUT2D eigenvalue weighted by Crippen LogP contribution is 2.17. The van der Waals surface area contributed by atoms with Crippen LogP contribution in [-0.4, -0.2) is 70.5 Å². The Bertz CT molecular complexity index is 849. The lowest BCUT2D eigenvalue weighted by molar-refractivity contribution is 0.0952. The molecule has 0 aromatic carbocycles. The number of pyridine rings is 1. The van der Waals surface area contributed by atoms with Gasteiger partial charge >= 0.3 is 0 Å². The van der Waals surface area contributed by atoms with E-state index >= 15 is 0 Å². The lowest BCUT2D eigenvalue weighted by Crippen LogP contribution is -2.45. The molecule has 0 radical (unpaired) electrons. The summed E-state index contributed by atoms with van der Waals surface area (Å²) in [6, 6.07) is 3.42. The zero-order chi connectivity index (χ0) is 21.5. The van der Waals surface area contributed by atoms with Crippen molar-refractivity contribution < 1.29 is 4.79 Å². The van der Waals surface area contributed by atoms with Gasteiger partial charge in [0.1, 0.15) is 11.6 Å². The fourth-order valence-electron chi connectivity index (χ4n) is 3.10. The summed E-state index contributed by atoms with van der Waals surface area (Å²) < 4.78 is 0. The Balaban J connectivity index is 1.72. The van der Waals surface area contributed by atoms with Crippen LogP contribution < -0.4 is 15.5 Å². The molecular formula is C21H32N8O. The van der Waals surface area contributed by atoms with Crippen molar-refractivity contribution in [3.63, 3.8) is 0 Å². The van der Waals surface area contributed by atoms with Gasteiger partial charge in [0.15, 0.2) is 0 Å². The first kappa shape index (κ1) is 21.9. The Hall–Kier alpha value is -2.81. The molecule has 1 saturated heterocycles. The van der Waals surface area contributed by atoms with E-state index in [-0.39, 0.29) is 5.91 Å². The van der Waals surface area contributed by atoms with E-state index in [0.29, 0.717) is 42.2 Å². The van der Waals surface area contributed by atoms with Gasteiger partial charge in [0.2, 0.25) is 11.9 Å². The minimum atomic E-state index is -0.107. The molecule has 0 spiro atoms. The number of hydrogen-bond acceptors (Lipinski definition) is 8. The molecule has 9 heteroatoms. The maximum Gasteiger partial charge on any atom is 0.251 e. The first-order valence-electron chi connectivity index (χ1n) is 10.6. The van der Waals surface area contributed by atoms with Gasteiger partial charge in [-0.1, -0.05) is 20.8 Å². The van der Waals surface area contributed by atoms with Crippen LogP contribution in [0, 0.1) is 5.92 Å². The van der Waals surface area contributed by atoms with Crippen LogP contribution >= 0.6 is 0 Å². The molecule has 1 aliphatic rings. The molecule has 0 bridgehead atoms. The lowest BCUT2D eigenvalue weighted by atomic mass is 10.1. The molecular weight excluding hydrogens is 380 g/mol. The number of carbonyl (C=O) groups excluding carboxylic acids is 1. The van der Waals surface area contributed by atoms with E-state index in [2.05, 4.69) is 61.3 Å². The molecule has 2 N–H and O–H groups in total. The average Bonchev–Trinajstić information content (AvgIpc) is 2.74. The van der Waals surface area contributed by atoms with Gasteiger partial charge in [-0.25, -0.2) is 4.98 Å². The number of likely N-dealkylation sites (N-methyl/N-ethyl adjacent to an activating group) is 1. The van der Waals surface area contributed by atoms with E-state index in [1.807, 2.05) is 6.92 Å². The van der Waals surface area contributed by atoms with E-state index in [9.17, 15) is 4.79 Å². The van der Waals surface area contributed by atoms with Crippen LogP contribution in [0.1, 0.15) is 43.4 Å². The number of rotatable bonds is 8. The van der Waals surface area contributed by atoms with Crippen LogP contribution in [0.3, 0.4) is 0 Å². The summed E-state index contributed by atoms with van der Waals surface area (Å²) in [5.41, 5.74) is 0.556.